The van der Waals surface area contributed by atoms with Gasteiger partial charge in [0.1, 0.15) is 17.2 Å². The van der Waals surface area contributed by atoms with Crippen LogP contribution in [0.25, 0.3) is 0 Å². The second-order valence-electron chi connectivity index (χ2n) is 9.83. The maximum atomic E-state index is 13.5. The smallest absolute Gasteiger partial charge is 0.348 e. The van der Waals surface area contributed by atoms with E-state index in [2.05, 4.69) is 0 Å². The summed E-state index contributed by atoms with van der Waals surface area (Å²) in [6.07, 6.45) is -0.989. The van der Waals surface area contributed by atoms with Crippen LogP contribution in [0, 0.1) is 0 Å². The molecular weight excluding hydrogens is 604 g/mol. The summed E-state index contributed by atoms with van der Waals surface area (Å²) in [5.74, 6) is -18.7. The number of ether oxygens (including phenoxy) is 3. The summed E-state index contributed by atoms with van der Waals surface area (Å²) >= 11 is 0. The van der Waals surface area contributed by atoms with Gasteiger partial charge in [-0.2, -0.15) is 0 Å². The Labute approximate surface area is 250 Å². The predicted molar refractivity (Wildman–Crippen MR) is 144 cm³/mol. The molecule has 1 aliphatic heterocycles. The molecule has 4 aromatic rings. The van der Waals surface area contributed by atoms with Gasteiger partial charge in [-0.05, 0) is 42.5 Å². The highest BCUT2D eigenvalue weighted by Crippen LogP contribution is 2.52. The average Bonchev–Trinajstić information content (AvgIpc) is 2.96. The molecule has 16 heteroatoms. The first-order valence-corrected chi connectivity index (χ1v) is 12.5. The van der Waals surface area contributed by atoms with E-state index >= 15 is 0 Å². The number of fused-ring (bicyclic) bond motifs is 1. The van der Waals surface area contributed by atoms with Gasteiger partial charge in [0.2, 0.25) is 0 Å². The number of carbonyl (C=O) groups excluding carboxylic acids is 2. The molecule has 2 atom stereocenters. The Morgan fingerprint density at radius 2 is 1.11 bits per heavy atom. The van der Waals surface area contributed by atoms with Crippen molar-refractivity contribution in [3.05, 3.63) is 76.9 Å². The highest BCUT2D eigenvalue weighted by molar-refractivity contribution is 5.92. The topological polar surface area (TPSA) is 284 Å². The van der Waals surface area contributed by atoms with Crippen molar-refractivity contribution < 1.29 is 80.0 Å². The molecule has 4 aromatic carbocycles. The number of phenols is 10. The minimum Gasteiger partial charge on any atom is -0.508 e. The van der Waals surface area contributed by atoms with E-state index in [1.54, 1.807) is 0 Å². The Morgan fingerprint density at radius 3 is 1.62 bits per heavy atom. The Kier molecular flexibility index (Phi) is 6.94. The van der Waals surface area contributed by atoms with E-state index in [-0.39, 0.29) is 5.56 Å². The molecule has 0 amide bonds. The van der Waals surface area contributed by atoms with Crippen LogP contribution in [-0.2, 0) is 21.7 Å². The van der Waals surface area contributed by atoms with Crippen LogP contribution in [0.4, 0.5) is 0 Å². The van der Waals surface area contributed by atoms with Crippen LogP contribution in [0.3, 0.4) is 0 Å². The van der Waals surface area contributed by atoms with E-state index in [1.807, 2.05) is 0 Å². The third-order valence-electron chi connectivity index (χ3n) is 6.82. The summed E-state index contributed by atoms with van der Waals surface area (Å²) in [5.41, 5.74) is -2.19. The summed E-state index contributed by atoms with van der Waals surface area (Å²) in [6, 6.07) is 6.93. The molecule has 16 nitrogen and oxygen atoms in total. The summed E-state index contributed by atoms with van der Waals surface area (Å²) in [5, 5.41) is 112. The second-order valence-corrected chi connectivity index (χ2v) is 9.83. The molecule has 11 N–H and O–H groups in total. The summed E-state index contributed by atoms with van der Waals surface area (Å²) in [7, 11) is 0. The number of carbonyl (C=O) groups is 2. The molecule has 1 heterocycles. The molecule has 0 saturated heterocycles. The van der Waals surface area contributed by atoms with Gasteiger partial charge in [-0.1, -0.05) is 0 Å². The lowest BCUT2D eigenvalue weighted by molar-refractivity contribution is -0.353. The number of aromatic hydroxyl groups is 10. The maximum absolute atomic E-state index is 13.5. The van der Waals surface area contributed by atoms with E-state index in [9.17, 15) is 65.8 Å². The Hall–Kier alpha value is -6.42. The lowest BCUT2D eigenvalue weighted by Crippen LogP contribution is -2.63. The molecule has 0 spiro atoms. The summed E-state index contributed by atoms with van der Waals surface area (Å²) in [6.45, 7) is 0. The highest BCUT2D eigenvalue weighted by Gasteiger charge is 2.65. The zero-order valence-corrected chi connectivity index (χ0v) is 22.4. The standard InChI is InChI=1S/C29H22O16/c30-14-8-17(32)15-10-28(42,44-26(40)11-3-19(34)24(38)20(35)4-11)29(43-23(15)9-14,13-1-2-16(31)18(33)7-13)45-27(41)12-5-21(36)25(39)22(37)6-12/h1-9,30-39,42H,10H2/t28-,29?/m1/s1. The Morgan fingerprint density at radius 1 is 0.600 bits per heavy atom. The van der Waals surface area contributed by atoms with Gasteiger partial charge >= 0.3 is 17.7 Å². The number of hydrogen-bond acceptors (Lipinski definition) is 16. The van der Waals surface area contributed by atoms with Crippen molar-refractivity contribution in [3.63, 3.8) is 0 Å². The molecule has 234 valence electrons. The molecule has 1 unspecified atom stereocenters. The van der Waals surface area contributed by atoms with Crippen molar-refractivity contribution in [3.8, 4) is 63.2 Å². The molecule has 0 radical (unpaired) electrons. The van der Waals surface area contributed by atoms with Crippen molar-refractivity contribution in [1.82, 2.24) is 0 Å². The fraction of sp³-hybridized carbons (Fsp3) is 0.103. The SMILES string of the molecule is O=C(OC1(c2ccc(O)c(O)c2)Oc2cc(O)cc(O)c2C[C@@]1(O)OC(=O)c1cc(O)c(O)c(O)c1)c1cc(O)c(O)c(O)c1. The van der Waals surface area contributed by atoms with Crippen LogP contribution >= 0.6 is 0 Å². The summed E-state index contributed by atoms with van der Waals surface area (Å²) < 4.78 is 16.8. The second kappa shape index (κ2) is 10.4. The molecule has 0 aliphatic carbocycles. The van der Waals surface area contributed by atoms with Gasteiger partial charge in [0, 0.05) is 23.3 Å². The molecule has 0 bridgehead atoms. The van der Waals surface area contributed by atoms with Gasteiger partial charge in [0.25, 0.3) is 5.79 Å². The third-order valence-corrected chi connectivity index (χ3v) is 6.82. The van der Waals surface area contributed by atoms with Gasteiger partial charge in [-0.15, -0.1) is 0 Å². The monoisotopic (exact) mass is 626 g/mol. The molecule has 0 fully saturated rings. The first kappa shape index (κ1) is 30.1. The van der Waals surface area contributed by atoms with E-state index in [0.29, 0.717) is 24.3 Å². The van der Waals surface area contributed by atoms with Gasteiger partial charge in [0.15, 0.2) is 46.0 Å². The fourth-order valence-electron chi connectivity index (χ4n) is 4.60. The van der Waals surface area contributed by atoms with Crippen molar-refractivity contribution in [1.29, 1.82) is 0 Å². The molecule has 5 rings (SSSR count). The third kappa shape index (κ3) is 5.00. The van der Waals surface area contributed by atoms with Gasteiger partial charge in [-0.3, -0.25) is 0 Å². The van der Waals surface area contributed by atoms with E-state index < -0.39 is 110 Å². The molecule has 0 aromatic heterocycles. The van der Waals surface area contributed by atoms with Crippen LogP contribution in [0.5, 0.6) is 63.2 Å². The van der Waals surface area contributed by atoms with Gasteiger partial charge in [-0.25, -0.2) is 9.59 Å². The first-order valence-electron chi connectivity index (χ1n) is 12.5. The normalized spacial score (nSPS) is 18.8. The van der Waals surface area contributed by atoms with E-state index in [0.717, 1.165) is 30.3 Å². The van der Waals surface area contributed by atoms with Crippen LogP contribution in [0.15, 0.2) is 54.6 Å². The Balaban J connectivity index is 1.75. The molecule has 0 saturated carbocycles. The minimum absolute atomic E-state index is 0.311. The van der Waals surface area contributed by atoms with Crippen molar-refractivity contribution in [2.45, 2.75) is 18.0 Å². The number of phenolic OH excluding ortho intramolecular Hbond substituents is 10. The quantitative estimate of drug-likeness (QED) is 0.0857. The minimum atomic E-state index is -3.28. The Bertz CT molecular complexity index is 1840. The lowest BCUT2D eigenvalue weighted by atomic mass is 9.86. The zero-order valence-electron chi connectivity index (χ0n) is 22.4. The fourth-order valence-corrected chi connectivity index (χ4v) is 4.60. The largest absolute Gasteiger partial charge is 0.508 e. The number of benzene rings is 4. The number of aliphatic hydroxyl groups is 1. The van der Waals surface area contributed by atoms with E-state index in [1.165, 1.54) is 0 Å². The van der Waals surface area contributed by atoms with Crippen LogP contribution in [-0.4, -0.2) is 73.9 Å². The lowest BCUT2D eigenvalue weighted by Gasteiger charge is -2.47. The molecular formula is C29H22O16. The molecule has 1 aliphatic rings. The van der Waals surface area contributed by atoms with Gasteiger partial charge < -0.3 is 70.4 Å². The maximum Gasteiger partial charge on any atom is 0.348 e. The molecule has 45 heavy (non-hydrogen) atoms. The number of rotatable bonds is 5. The highest BCUT2D eigenvalue weighted by atomic mass is 16.8. The van der Waals surface area contributed by atoms with Crippen molar-refractivity contribution >= 4 is 11.9 Å². The van der Waals surface area contributed by atoms with Crippen LogP contribution in [0.2, 0.25) is 0 Å². The number of esters is 2. The first-order chi connectivity index (χ1) is 21.0. The zero-order chi connectivity index (χ0) is 33.0. The number of hydrogen-bond donors (Lipinski definition) is 11. The van der Waals surface area contributed by atoms with Crippen molar-refractivity contribution in [2.24, 2.45) is 0 Å². The van der Waals surface area contributed by atoms with E-state index in [4.69, 9.17) is 14.2 Å². The predicted octanol–water partition coefficient (Wildman–Crippen LogP) is 1.93. The van der Waals surface area contributed by atoms with Crippen molar-refractivity contribution in [2.75, 3.05) is 0 Å². The van der Waals surface area contributed by atoms with Gasteiger partial charge in [0.05, 0.1) is 17.5 Å². The average molecular weight is 626 g/mol. The van der Waals surface area contributed by atoms with Crippen LogP contribution < -0.4 is 4.74 Å². The van der Waals surface area contributed by atoms with Crippen LogP contribution in [0.1, 0.15) is 31.8 Å². The summed E-state index contributed by atoms with van der Waals surface area (Å²) in [4.78, 5) is 26.9.